The second-order valence-corrected chi connectivity index (χ2v) is 10.0. The first kappa shape index (κ1) is 22.1. The van der Waals surface area contributed by atoms with E-state index in [1.54, 1.807) is 18.2 Å². The minimum Gasteiger partial charge on any atom is -0.326 e. The van der Waals surface area contributed by atoms with Crippen LogP contribution in [0.25, 0.3) is 0 Å². The summed E-state index contributed by atoms with van der Waals surface area (Å²) < 4.78 is 27.1. The highest BCUT2D eigenvalue weighted by Gasteiger charge is 2.32. The summed E-state index contributed by atoms with van der Waals surface area (Å²) in [6.07, 6.45) is 2.24. The summed E-state index contributed by atoms with van der Waals surface area (Å²) in [5.41, 5.74) is 2.49. The maximum Gasteiger partial charge on any atom is 0.228 e. The number of rotatable bonds is 6. The molecule has 2 aromatic rings. The molecule has 1 aliphatic heterocycles. The predicted molar refractivity (Wildman–Crippen MR) is 118 cm³/mol. The molecule has 0 radical (unpaired) electrons. The number of piperidine rings is 1. The van der Waals surface area contributed by atoms with Gasteiger partial charge in [0, 0.05) is 18.8 Å². The number of hydrogen-bond acceptors (Lipinski definition) is 3. The van der Waals surface area contributed by atoms with Crippen LogP contribution in [0, 0.1) is 5.92 Å². The summed E-state index contributed by atoms with van der Waals surface area (Å²) in [5, 5.41) is 3.61. The van der Waals surface area contributed by atoms with Crippen molar-refractivity contribution in [3.63, 3.8) is 0 Å². The molecule has 5 nitrogen and oxygen atoms in total. The lowest BCUT2D eigenvalue weighted by atomic mass is 9.98. The lowest BCUT2D eigenvalue weighted by Crippen LogP contribution is -2.44. The molecule has 156 valence electrons. The molecule has 0 unspecified atom stereocenters. The molecule has 3 rings (SSSR count). The number of anilines is 1. The van der Waals surface area contributed by atoms with Crippen LogP contribution in [-0.2, 0) is 27.0 Å². The average Bonchev–Trinajstić information content (AvgIpc) is 2.71. The van der Waals surface area contributed by atoms with Crippen molar-refractivity contribution in [2.45, 2.75) is 31.9 Å². The molecule has 1 amide bonds. The average molecular weight is 455 g/mol. The van der Waals surface area contributed by atoms with Crippen LogP contribution in [0.3, 0.4) is 0 Å². The molecular formula is C21H24Cl2N2O3S. The summed E-state index contributed by atoms with van der Waals surface area (Å²) >= 11 is 11.9. The Hall–Kier alpha value is -1.60. The van der Waals surface area contributed by atoms with E-state index in [1.165, 1.54) is 9.87 Å². The highest BCUT2D eigenvalue weighted by atomic mass is 35.5. The number of amides is 1. The second-order valence-electron chi connectivity index (χ2n) is 7.24. The molecule has 0 saturated carbocycles. The minimum atomic E-state index is -3.56. The van der Waals surface area contributed by atoms with Crippen molar-refractivity contribution in [1.82, 2.24) is 4.31 Å². The highest BCUT2D eigenvalue weighted by molar-refractivity contribution is 7.88. The summed E-state index contributed by atoms with van der Waals surface area (Å²) in [4.78, 5) is 12.7. The van der Waals surface area contributed by atoms with Crippen molar-refractivity contribution in [3.8, 4) is 0 Å². The Morgan fingerprint density at radius 3 is 2.45 bits per heavy atom. The fourth-order valence-corrected chi connectivity index (χ4v) is 5.33. The van der Waals surface area contributed by atoms with Gasteiger partial charge < -0.3 is 5.32 Å². The normalized spacial score (nSPS) is 17.8. The van der Waals surface area contributed by atoms with Gasteiger partial charge in [-0.3, -0.25) is 4.79 Å². The number of carbonyl (C=O) groups is 1. The van der Waals surface area contributed by atoms with E-state index in [-0.39, 0.29) is 24.1 Å². The smallest absolute Gasteiger partial charge is 0.228 e. The lowest BCUT2D eigenvalue weighted by molar-refractivity contribution is -0.120. The molecule has 0 bridgehead atoms. The number of benzene rings is 2. The van der Waals surface area contributed by atoms with E-state index in [0.29, 0.717) is 35.0 Å². The molecule has 8 heteroatoms. The largest absolute Gasteiger partial charge is 0.326 e. The zero-order valence-electron chi connectivity index (χ0n) is 16.2. The molecule has 1 atom stereocenters. The second kappa shape index (κ2) is 9.47. The van der Waals surface area contributed by atoms with Gasteiger partial charge in [0.15, 0.2) is 0 Å². The van der Waals surface area contributed by atoms with E-state index in [9.17, 15) is 13.2 Å². The van der Waals surface area contributed by atoms with Gasteiger partial charge in [-0.15, -0.1) is 0 Å². The Bertz CT molecular complexity index is 978. The molecule has 2 aromatic carbocycles. The third-order valence-corrected chi connectivity index (χ3v) is 7.67. The lowest BCUT2D eigenvalue weighted by Gasteiger charge is -2.31. The molecule has 1 fully saturated rings. The van der Waals surface area contributed by atoms with Crippen LogP contribution in [0.1, 0.15) is 30.9 Å². The maximum atomic E-state index is 12.9. The Morgan fingerprint density at radius 1 is 1.10 bits per heavy atom. The van der Waals surface area contributed by atoms with E-state index in [1.807, 2.05) is 24.3 Å². The van der Waals surface area contributed by atoms with Crippen molar-refractivity contribution < 1.29 is 13.2 Å². The third-order valence-electron chi connectivity index (χ3n) is 5.11. The summed E-state index contributed by atoms with van der Waals surface area (Å²) in [5.74, 6) is -0.696. The minimum absolute atomic E-state index is 0.149. The molecule has 0 aliphatic carbocycles. The zero-order chi connectivity index (χ0) is 21.0. The van der Waals surface area contributed by atoms with Crippen molar-refractivity contribution in [2.75, 3.05) is 18.4 Å². The van der Waals surface area contributed by atoms with E-state index in [2.05, 4.69) is 12.2 Å². The molecule has 29 heavy (non-hydrogen) atoms. The number of sulfonamides is 1. The molecule has 1 saturated heterocycles. The van der Waals surface area contributed by atoms with Crippen molar-refractivity contribution in [2.24, 2.45) is 5.92 Å². The maximum absolute atomic E-state index is 12.9. The van der Waals surface area contributed by atoms with Gasteiger partial charge >= 0.3 is 0 Å². The monoisotopic (exact) mass is 454 g/mol. The first-order valence-corrected chi connectivity index (χ1v) is 12.0. The van der Waals surface area contributed by atoms with Crippen molar-refractivity contribution in [3.05, 3.63) is 63.6 Å². The number of nitrogens with zero attached hydrogens (tertiary/aromatic N) is 1. The standard InChI is InChI=1S/C21H24Cl2N2O3S/c1-2-15-5-8-18(9-6-15)24-21(26)17-4-3-11-25(13-17)29(27,28)14-16-7-10-19(22)20(23)12-16/h5-10,12,17H,2-4,11,13-14H2,1H3,(H,24,26)/t17-/m0/s1. The summed E-state index contributed by atoms with van der Waals surface area (Å²) in [7, 11) is -3.56. The molecule has 0 aromatic heterocycles. The zero-order valence-corrected chi connectivity index (χ0v) is 18.5. The van der Waals surface area contributed by atoms with E-state index >= 15 is 0 Å². The SMILES string of the molecule is CCc1ccc(NC(=O)[C@H]2CCCN(S(=O)(=O)Cc3ccc(Cl)c(Cl)c3)C2)cc1. The quantitative estimate of drug-likeness (QED) is 0.685. The Labute approximate surface area is 182 Å². The first-order valence-electron chi connectivity index (χ1n) is 9.60. The van der Waals surface area contributed by atoms with Gasteiger partial charge in [0.1, 0.15) is 0 Å². The van der Waals surface area contributed by atoms with Gasteiger partial charge in [0.05, 0.1) is 21.7 Å². The molecule has 1 N–H and O–H groups in total. The molecule has 1 aliphatic rings. The number of hydrogen-bond donors (Lipinski definition) is 1. The third kappa shape index (κ3) is 5.72. The Kier molecular flexibility index (Phi) is 7.22. The van der Waals surface area contributed by atoms with Gasteiger partial charge in [0.25, 0.3) is 0 Å². The Morgan fingerprint density at radius 2 is 1.79 bits per heavy atom. The van der Waals surface area contributed by atoms with Crippen LogP contribution in [0.2, 0.25) is 10.0 Å². The molecule has 1 heterocycles. The number of halogens is 2. The number of aryl methyl sites for hydroxylation is 1. The van der Waals surface area contributed by atoms with Crippen LogP contribution >= 0.6 is 23.2 Å². The van der Waals surface area contributed by atoms with Gasteiger partial charge in [-0.1, -0.05) is 48.3 Å². The fourth-order valence-electron chi connectivity index (χ4n) is 3.41. The van der Waals surface area contributed by atoms with Crippen LogP contribution in [0.15, 0.2) is 42.5 Å². The van der Waals surface area contributed by atoms with Crippen molar-refractivity contribution in [1.29, 1.82) is 0 Å². The van der Waals surface area contributed by atoms with Crippen LogP contribution in [0.5, 0.6) is 0 Å². The summed E-state index contributed by atoms with van der Waals surface area (Å²) in [6.45, 7) is 2.67. The molecular weight excluding hydrogens is 431 g/mol. The van der Waals surface area contributed by atoms with Gasteiger partial charge in [-0.25, -0.2) is 12.7 Å². The van der Waals surface area contributed by atoms with Gasteiger partial charge in [-0.05, 0) is 54.7 Å². The van der Waals surface area contributed by atoms with Crippen LogP contribution in [0.4, 0.5) is 5.69 Å². The predicted octanol–water partition coefficient (Wildman–Crippen LogP) is 4.74. The fraction of sp³-hybridized carbons (Fsp3) is 0.381. The van der Waals surface area contributed by atoms with Gasteiger partial charge in [-0.2, -0.15) is 0 Å². The van der Waals surface area contributed by atoms with Crippen LogP contribution < -0.4 is 5.32 Å². The number of carbonyl (C=O) groups excluding carboxylic acids is 1. The highest BCUT2D eigenvalue weighted by Crippen LogP contribution is 2.26. The van der Waals surface area contributed by atoms with E-state index in [0.717, 1.165) is 12.1 Å². The molecule has 0 spiro atoms. The van der Waals surface area contributed by atoms with E-state index in [4.69, 9.17) is 23.2 Å². The van der Waals surface area contributed by atoms with E-state index < -0.39 is 10.0 Å². The number of nitrogens with one attached hydrogen (secondary N) is 1. The Balaban J connectivity index is 1.65. The van der Waals surface area contributed by atoms with Gasteiger partial charge in [0.2, 0.25) is 15.9 Å². The van der Waals surface area contributed by atoms with Crippen LogP contribution in [-0.4, -0.2) is 31.7 Å². The topological polar surface area (TPSA) is 66.5 Å². The first-order chi connectivity index (χ1) is 13.8. The van der Waals surface area contributed by atoms with Crippen molar-refractivity contribution >= 4 is 44.8 Å². The summed E-state index contributed by atoms with van der Waals surface area (Å²) in [6, 6.07) is 12.5.